The Morgan fingerprint density at radius 3 is 2.95 bits per heavy atom. The van der Waals surface area contributed by atoms with Crippen molar-refractivity contribution in [3.8, 4) is 0 Å². The Hall–Kier alpha value is -1.34. The van der Waals surface area contributed by atoms with Gasteiger partial charge in [0.05, 0.1) is 12.2 Å². The minimum atomic E-state index is 0.379. The van der Waals surface area contributed by atoms with E-state index in [0.29, 0.717) is 16.7 Å². The third-order valence-electron chi connectivity index (χ3n) is 4.12. The van der Waals surface area contributed by atoms with Crippen LogP contribution in [0.5, 0.6) is 0 Å². The predicted molar refractivity (Wildman–Crippen MR) is 96.5 cm³/mol. The van der Waals surface area contributed by atoms with Crippen LogP contribution < -0.4 is 4.90 Å². The fraction of sp³-hybridized carbons (Fsp3) is 0.250. The molecule has 4 nitrogen and oxygen atoms in total. The molecule has 0 bridgehead atoms. The molecule has 0 amide bonds. The van der Waals surface area contributed by atoms with Gasteiger partial charge < -0.3 is 4.90 Å². The summed E-state index contributed by atoms with van der Waals surface area (Å²) in [5.41, 5.74) is 2.09. The van der Waals surface area contributed by atoms with E-state index in [1.165, 1.54) is 15.6 Å². The molecule has 0 saturated carbocycles. The van der Waals surface area contributed by atoms with Gasteiger partial charge in [0.2, 0.25) is 0 Å². The SMILES string of the molecule is Clc1cnn2ccc(N3CCCC3c3ccccc3I)nc12. The van der Waals surface area contributed by atoms with E-state index in [1.54, 1.807) is 10.7 Å². The number of halogens is 2. The van der Waals surface area contributed by atoms with Crippen molar-refractivity contribution in [1.29, 1.82) is 0 Å². The molecular formula is C16H14ClIN4. The van der Waals surface area contributed by atoms with E-state index < -0.39 is 0 Å². The fourth-order valence-electron chi connectivity index (χ4n) is 3.10. The first kappa shape index (κ1) is 14.3. The number of hydrogen-bond acceptors (Lipinski definition) is 3. The zero-order valence-electron chi connectivity index (χ0n) is 11.8. The van der Waals surface area contributed by atoms with Crippen molar-refractivity contribution in [1.82, 2.24) is 14.6 Å². The first-order chi connectivity index (χ1) is 10.7. The zero-order valence-corrected chi connectivity index (χ0v) is 14.7. The van der Waals surface area contributed by atoms with Gasteiger partial charge in [0, 0.05) is 16.3 Å². The van der Waals surface area contributed by atoms with Crippen LogP contribution in [0.2, 0.25) is 5.02 Å². The van der Waals surface area contributed by atoms with Crippen molar-refractivity contribution in [3.05, 3.63) is 56.9 Å². The highest BCUT2D eigenvalue weighted by atomic mass is 127. The van der Waals surface area contributed by atoms with E-state index in [4.69, 9.17) is 16.6 Å². The molecular weight excluding hydrogens is 411 g/mol. The minimum Gasteiger partial charge on any atom is -0.349 e. The molecule has 0 spiro atoms. The number of fused-ring (bicyclic) bond motifs is 1. The van der Waals surface area contributed by atoms with Crippen molar-refractivity contribution in [2.75, 3.05) is 11.4 Å². The number of rotatable bonds is 2. The molecule has 2 aromatic heterocycles. The van der Waals surface area contributed by atoms with Gasteiger partial charge in [0.15, 0.2) is 5.65 Å². The van der Waals surface area contributed by atoms with Gasteiger partial charge in [-0.05, 0) is 53.1 Å². The summed E-state index contributed by atoms with van der Waals surface area (Å²) in [6.07, 6.45) is 5.89. The third kappa shape index (κ3) is 2.36. The van der Waals surface area contributed by atoms with E-state index in [9.17, 15) is 0 Å². The summed E-state index contributed by atoms with van der Waals surface area (Å²) in [5, 5.41) is 4.77. The molecule has 1 fully saturated rings. The maximum atomic E-state index is 6.16. The number of aromatic nitrogens is 3. The summed E-state index contributed by atoms with van der Waals surface area (Å²) in [6, 6.07) is 11.0. The van der Waals surface area contributed by atoms with E-state index in [-0.39, 0.29) is 0 Å². The first-order valence-electron chi connectivity index (χ1n) is 7.25. The Bertz CT molecular complexity index is 832. The molecule has 1 aliphatic heterocycles. The van der Waals surface area contributed by atoms with Crippen LogP contribution in [0.25, 0.3) is 5.65 Å². The molecule has 3 heterocycles. The molecule has 1 atom stereocenters. The largest absolute Gasteiger partial charge is 0.349 e. The molecule has 4 rings (SSSR count). The van der Waals surface area contributed by atoms with Gasteiger partial charge in [-0.15, -0.1) is 0 Å². The molecule has 112 valence electrons. The van der Waals surface area contributed by atoms with Crippen LogP contribution in [-0.2, 0) is 0 Å². The van der Waals surface area contributed by atoms with Gasteiger partial charge >= 0.3 is 0 Å². The Morgan fingerprint density at radius 2 is 2.09 bits per heavy atom. The Labute approximate surface area is 147 Å². The summed E-state index contributed by atoms with van der Waals surface area (Å²) in [6.45, 7) is 1.02. The lowest BCUT2D eigenvalue weighted by Crippen LogP contribution is -2.24. The van der Waals surface area contributed by atoms with Gasteiger partial charge in [-0.2, -0.15) is 5.10 Å². The second kappa shape index (κ2) is 5.70. The van der Waals surface area contributed by atoms with Crippen LogP contribution in [-0.4, -0.2) is 21.1 Å². The number of anilines is 1. The lowest BCUT2D eigenvalue weighted by molar-refractivity contribution is 0.707. The molecule has 0 radical (unpaired) electrons. The molecule has 1 aromatic carbocycles. The highest BCUT2D eigenvalue weighted by molar-refractivity contribution is 14.1. The van der Waals surface area contributed by atoms with Gasteiger partial charge in [-0.25, -0.2) is 9.50 Å². The fourth-order valence-corrected chi connectivity index (χ4v) is 4.02. The monoisotopic (exact) mass is 424 g/mol. The third-order valence-corrected chi connectivity index (χ3v) is 5.37. The van der Waals surface area contributed by atoms with Crippen LogP contribution >= 0.6 is 34.2 Å². The van der Waals surface area contributed by atoms with E-state index in [1.807, 2.05) is 12.3 Å². The Kier molecular flexibility index (Phi) is 3.69. The minimum absolute atomic E-state index is 0.379. The molecule has 1 aliphatic rings. The summed E-state index contributed by atoms with van der Waals surface area (Å²) >= 11 is 8.58. The first-order valence-corrected chi connectivity index (χ1v) is 8.70. The van der Waals surface area contributed by atoms with Crippen LogP contribution in [0.1, 0.15) is 24.4 Å². The van der Waals surface area contributed by atoms with Gasteiger partial charge in [-0.1, -0.05) is 29.8 Å². The normalized spacial score (nSPS) is 18.3. The van der Waals surface area contributed by atoms with E-state index in [0.717, 1.165) is 18.8 Å². The molecule has 1 saturated heterocycles. The summed E-state index contributed by atoms with van der Waals surface area (Å²) < 4.78 is 3.02. The Balaban J connectivity index is 1.76. The molecule has 0 N–H and O–H groups in total. The van der Waals surface area contributed by atoms with Crippen molar-refractivity contribution in [2.24, 2.45) is 0 Å². The lowest BCUT2D eigenvalue weighted by atomic mass is 10.0. The standard InChI is InChI=1S/C16H14ClIN4/c17-12-10-19-22-9-7-15(20-16(12)22)21-8-3-6-14(21)11-4-1-2-5-13(11)18/h1-2,4-5,7,9-10,14H,3,6,8H2. The zero-order chi connectivity index (χ0) is 15.1. The van der Waals surface area contributed by atoms with Crippen LogP contribution in [0.4, 0.5) is 5.82 Å². The van der Waals surface area contributed by atoms with Crippen molar-refractivity contribution in [2.45, 2.75) is 18.9 Å². The maximum Gasteiger partial charge on any atom is 0.175 e. The molecule has 1 unspecified atom stereocenters. The van der Waals surface area contributed by atoms with Gasteiger partial charge in [-0.3, -0.25) is 0 Å². The quantitative estimate of drug-likeness (QED) is 0.574. The summed E-state index contributed by atoms with van der Waals surface area (Å²) in [7, 11) is 0. The molecule has 6 heteroatoms. The molecule has 0 aliphatic carbocycles. The highest BCUT2D eigenvalue weighted by Gasteiger charge is 2.28. The topological polar surface area (TPSA) is 33.4 Å². The average molecular weight is 425 g/mol. The van der Waals surface area contributed by atoms with Crippen LogP contribution in [0.15, 0.2) is 42.7 Å². The van der Waals surface area contributed by atoms with E-state index in [2.05, 4.69) is 56.9 Å². The van der Waals surface area contributed by atoms with Crippen molar-refractivity contribution < 1.29 is 0 Å². The maximum absolute atomic E-state index is 6.16. The number of benzene rings is 1. The van der Waals surface area contributed by atoms with Crippen molar-refractivity contribution >= 4 is 45.7 Å². The highest BCUT2D eigenvalue weighted by Crippen LogP contribution is 2.37. The second-order valence-electron chi connectivity index (χ2n) is 5.42. The Morgan fingerprint density at radius 1 is 1.23 bits per heavy atom. The second-order valence-corrected chi connectivity index (χ2v) is 6.99. The molecule has 22 heavy (non-hydrogen) atoms. The van der Waals surface area contributed by atoms with Crippen LogP contribution in [0.3, 0.4) is 0 Å². The number of hydrogen-bond donors (Lipinski definition) is 0. The van der Waals surface area contributed by atoms with Crippen LogP contribution in [0, 0.1) is 3.57 Å². The predicted octanol–water partition coefficient (Wildman–Crippen LogP) is 4.33. The molecule has 3 aromatic rings. The number of nitrogens with zero attached hydrogens (tertiary/aromatic N) is 4. The summed E-state index contributed by atoms with van der Waals surface area (Å²) in [4.78, 5) is 7.09. The smallest absolute Gasteiger partial charge is 0.175 e. The lowest BCUT2D eigenvalue weighted by Gasteiger charge is -2.27. The van der Waals surface area contributed by atoms with Gasteiger partial charge in [0.25, 0.3) is 0 Å². The van der Waals surface area contributed by atoms with E-state index >= 15 is 0 Å². The average Bonchev–Trinajstić information content (AvgIpc) is 3.15. The van der Waals surface area contributed by atoms with Crippen molar-refractivity contribution in [3.63, 3.8) is 0 Å². The van der Waals surface area contributed by atoms with Gasteiger partial charge in [0.1, 0.15) is 10.8 Å². The summed E-state index contributed by atoms with van der Waals surface area (Å²) in [5.74, 6) is 0.969.